The molecule has 2 unspecified atom stereocenters. The first-order valence-corrected chi connectivity index (χ1v) is 12.0. The van der Waals surface area contributed by atoms with Crippen LogP contribution in [0.1, 0.15) is 70.4 Å². The fraction of sp³-hybridized carbons (Fsp3) is 0.538. The smallest absolute Gasteiger partial charge is 0.00167 e. The SMILES string of the molecule is CC(C)CCc1ccccc1.CC(CCS)c1ccccc1.CC(S)C1CC1. The Bertz CT molecular complexity index is 588. The van der Waals surface area contributed by atoms with Crippen molar-refractivity contribution in [1.82, 2.24) is 0 Å². The summed E-state index contributed by atoms with van der Waals surface area (Å²) in [5.74, 6) is 3.40. The third-order valence-electron chi connectivity index (χ3n) is 5.09. The van der Waals surface area contributed by atoms with Gasteiger partial charge in [-0.25, -0.2) is 0 Å². The fourth-order valence-corrected chi connectivity index (χ4v) is 3.51. The average Bonchev–Trinajstić information content (AvgIpc) is 3.55. The molecule has 0 aliphatic heterocycles. The van der Waals surface area contributed by atoms with E-state index >= 15 is 0 Å². The normalized spacial score (nSPS) is 15.0. The van der Waals surface area contributed by atoms with Crippen LogP contribution < -0.4 is 0 Å². The van der Waals surface area contributed by atoms with Gasteiger partial charge in [0.1, 0.15) is 0 Å². The van der Waals surface area contributed by atoms with Crippen molar-refractivity contribution in [2.75, 3.05) is 5.75 Å². The number of thiol groups is 2. The minimum atomic E-state index is 0.647. The maximum atomic E-state index is 4.26. The predicted octanol–water partition coefficient (Wildman–Crippen LogP) is 8.10. The van der Waals surface area contributed by atoms with Gasteiger partial charge in [0.15, 0.2) is 0 Å². The second-order valence-electron chi connectivity index (χ2n) is 8.32. The largest absolute Gasteiger partial charge is 0.179 e. The van der Waals surface area contributed by atoms with Gasteiger partial charge in [0.05, 0.1) is 0 Å². The second kappa shape index (κ2) is 15.0. The number of benzene rings is 2. The molecule has 2 atom stereocenters. The summed E-state index contributed by atoms with van der Waals surface area (Å²) < 4.78 is 0. The molecule has 28 heavy (non-hydrogen) atoms. The summed E-state index contributed by atoms with van der Waals surface area (Å²) in [4.78, 5) is 0. The molecule has 0 heterocycles. The topological polar surface area (TPSA) is 0 Å². The molecular weight excluding hydrogens is 376 g/mol. The van der Waals surface area contributed by atoms with Gasteiger partial charge in [-0.2, -0.15) is 25.3 Å². The number of hydrogen-bond acceptors (Lipinski definition) is 2. The number of rotatable bonds is 7. The lowest BCUT2D eigenvalue weighted by Crippen LogP contribution is -1.93. The van der Waals surface area contributed by atoms with Crippen LogP contribution in [-0.4, -0.2) is 11.0 Å². The molecule has 0 nitrogen and oxygen atoms in total. The van der Waals surface area contributed by atoms with E-state index in [4.69, 9.17) is 0 Å². The van der Waals surface area contributed by atoms with Crippen molar-refractivity contribution >= 4 is 25.3 Å². The van der Waals surface area contributed by atoms with E-state index in [-0.39, 0.29) is 0 Å². The van der Waals surface area contributed by atoms with Gasteiger partial charge in [0, 0.05) is 5.25 Å². The highest BCUT2D eigenvalue weighted by atomic mass is 32.1. The minimum absolute atomic E-state index is 0.647. The third kappa shape index (κ3) is 12.6. The predicted molar refractivity (Wildman–Crippen MR) is 134 cm³/mol. The van der Waals surface area contributed by atoms with E-state index in [9.17, 15) is 0 Å². The van der Waals surface area contributed by atoms with Crippen molar-refractivity contribution in [2.45, 2.75) is 71.0 Å². The van der Waals surface area contributed by atoms with E-state index in [0.29, 0.717) is 11.2 Å². The van der Waals surface area contributed by atoms with Crippen LogP contribution in [0.4, 0.5) is 0 Å². The monoisotopic (exact) mass is 416 g/mol. The molecule has 1 fully saturated rings. The molecule has 0 spiro atoms. The van der Waals surface area contributed by atoms with Gasteiger partial charge in [0.25, 0.3) is 0 Å². The van der Waals surface area contributed by atoms with Gasteiger partial charge in [-0.1, -0.05) is 88.4 Å². The molecule has 2 aromatic rings. The quantitative estimate of drug-likeness (QED) is 0.418. The van der Waals surface area contributed by atoms with E-state index in [0.717, 1.165) is 24.0 Å². The molecule has 0 saturated heterocycles. The van der Waals surface area contributed by atoms with Gasteiger partial charge < -0.3 is 0 Å². The van der Waals surface area contributed by atoms with Gasteiger partial charge >= 0.3 is 0 Å². The van der Waals surface area contributed by atoms with Crippen molar-refractivity contribution in [1.29, 1.82) is 0 Å². The lowest BCUT2D eigenvalue weighted by molar-refractivity contribution is 0.587. The van der Waals surface area contributed by atoms with Crippen LogP contribution in [0.25, 0.3) is 0 Å². The van der Waals surface area contributed by atoms with E-state index in [1.54, 1.807) is 0 Å². The van der Waals surface area contributed by atoms with Crippen LogP contribution in [0.2, 0.25) is 0 Å². The standard InChI is InChI=1S/C11H16.C10H14S.C5H10S/c1-10(2)8-9-11-6-4-3-5-7-11;1-9(7-8-11)10-5-3-2-4-6-10;1-4(6)5-2-3-5/h3-7,10H,8-9H2,1-2H3;2-6,9,11H,7-8H2,1H3;4-6H,2-3H2,1H3. The molecule has 0 aromatic heterocycles. The molecule has 1 saturated carbocycles. The van der Waals surface area contributed by atoms with Crippen LogP contribution >= 0.6 is 25.3 Å². The van der Waals surface area contributed by atoms with Crippen molar-refractivity contribution in [2.24, 2.45) is 11.8 Å². The minimum Gasteiger partial charge on any atom is -0.179 e. The lowest BCUT2D eigenvalue weighted by Gasteiger charge is -2.08. The molecule has 1 aliphatic rings. The zero-order chi connectivity index (χ0) is 20.8. The molecule has 3 rings (SSSR count). The van der Waals surface area contributed by atoms with Crippen molar-refractivity contribution in [3.8, 4) is 0 Å². The molecule has 0 bridgehead atoms. The average molecular weight is 417 g/mol. The summed E-state index contributed by atoms with van der Waals surface area (Å²) in [6, 6.07) is 21.3. The fourth-order valence-electron chi connectivity index (χ4n) is 2.82. The molecule has 0 amide bonds. The Morgan fingerprint density at radius 3 is 1.75 bits per heavy atom. The first kappa shape index (κ1) is 25.2. The highest BCUT2D eigenvalue weighted by Crippen LogP contribution is 2.34. The first-order valence-electron chi connectivity index (χ1n) is 10.8. The van der Waals surface area contributed by atoms with Crippen LogP contribution in [0.5, 0.6) is 0 Å². The molecular formula is C26H40S2. The maximum absolute atomic E-state index is 4.26. The van der Waals surface area contributed by atoms with Crippen LogP contribution in [-0.2, 0) is 6.42 Å². The lowest BCUT2D eigenvalue weighted by atomic mass is 9.99. The Morgan fingerprint density at radius 1 is 0.821 bits per heavy atom. The second-order valence-corrected chi connectivity index (χ2v) is 9.58. The van der Waals surface area contributed by atoms with Crippen molar-refractivity contribution in [3.63, 3.8) is 0 Å². The number of hydrogen-bond donors (Lipinski definition) is 2. The zero-order valence-corrected chi connectivity index (χ0v) is 20.0. The molecule has 0 N–H and O–H groups in total. The molecule has 156 valence electrons. The van der Waals surface area contributed by atoms with Crippen LogP contribution in [0.3, 0.4) is 0 Å². The summed E-state index contributed by atoms with van der Waals surface area (Å²) in [5.41, 5.74) is 2.88. The highest BCUT2D eigenvalue weighted by Gasteiger charge is 2.24. The molecule has 0 radical (unpaired) electrons. The molecule has 2 aromatic carbocycles. The Labute approximate surface area is 185 Å². The zero-order valence-electron chi connectivity index (χ0n) is 18.2. The van der Waals surface area contributed by atoms with Gasteiger partial charge in [-0.15, -0.1) is 0 Å². The van der Waals surface area contributed by atoms with Crippen LogP contribution in [0, 0.1) is 11.8 Å². The number of aryl methyl sites for hydroxylation is 1. The Morgan fingerprint density at radius 2 is 1.36 bits per heavy atom. The Balaban J connectivity index is 0.000000219. The highest BCUT2D eigenvalue weighted by molar-refractivity contribution is 7.81. The van der Waals surface area contributed by atoms with Crippen molar-refractivity contribution < 1.29 is 0 Å². The summed E-state index contributed by atoms with van der Waals surface area (Å²) in [6.45, 7) is 8.94. The van der Waals surface area contributed by atoms with E-state index in [1.165, 1.54) is 36.8 Å². The van der Waals surface area contributed by atoms with E-state index in [2.05, 4.69) is 114 Å². The summed E-state index contributed by atoms with van der Waals surface area (Å²) in [7, 11) is 0. The van der Waals surface area contributed by atoms with E-state index in [1.807, 2.05) is 0 Å². The van der Waals surface area contributed by atoms with Gasteiger partial charge in [0.2, 0.25) is 0 Å². The Kier molecular flexibility index (Phi) is 13.5. The first-order chi connectivity index (χ1) is 13.4. The molecule has 2 heteroatoms. The molecule has 1 aliphatic carbocycles. The third-order valence-corrected chi connectivity index (χ3v) is 5.77. The van der Waals surface area contributed by atoms with Crippen molar-refractivity contribution in [3.05, 3.63) is 71.8 Å². The van der Waals surface area contributed by atoms with Gasteiger partial charge in [-0.05, 0) is 66.7 Å². The van der Waals surface area contributed by atoms with E-state index < -0.39 is 0 Å². The summed E-state index contributed by atoms with van der Waals surface area (Å²) in [5, 5.41) is 0.657. The maximum Gasteiger partial charge on any atom is 0.00167 e. The summed E-state index contributed by atoms with van der Waals surface area (Å²) in [6.07, 6.45) is 6.52. The Hall–Kier alpha value is -0.860. The summed E-state index contributed by atoms with van der Waals surface area (Å²) >= 11 is 8.47. The van der Waals surface area contributed by atoms with Gasteiger partial charge in [-0.3, -0.25) is 0 Å². The van der Waals surface area contributed by atoms with Crippen LogP contribution in [0.15, 0.2) is 60.7 Å².